The molecule has 11 nitrogen and oxygen atoms in total. The van der Waals surface area contributed by atoms with Crippen LogP contribution in [0.2, 0.25) is 0 Å². The van der Waals surface area contributed by atoms with E-state index in [2.05, 4.69) is 25.9 Å². The van der Waals surface area contributed by atoms with Crippen LogP contribution >= 0.6 is 0 Å². The van der Waals surface area contributed by atoms with Crippen molar-refractivity contribution < 1.29 is 23.1 Å². The minimum atomic E-state index is -0.918. The minimum Gasteiger partial charge on any atom is -0.378 e. The van der Waals surface area contributed by atoms with E-state index in [9.17, 15) is 18.4 Å². The Bertz CT molecular complexity index is 1060. The van der Waals surface area contributed by atoms with Gasteiger partial charge in [0.2, 0.25) is 5.91 Å². The minimum absolute atomic E-state index is 0.0768. The molecule has 2 aromatic heterocycles. The second-order valence-corrected chi connectivity index (χ2v) is 8.21. The lowest BCUT2D eigenvalue weighted by Crippen LogP contribution is -2.41. The fourth-order valence-corrected chi connectivity index (χ4v) is 3.56. The lowest BCUT2D eigenvalue weighted by Gasteiger charge is -2.28. The Balaban J connectivity index is 1.84. The molecule has 13 heteroatoms. The summed E-state index contributed by atoms with van der Waals surface area (Å²) in [6.45, 7) is 5.42. The number of amides is 2. The number of nitrogens with one attached hydrogen (secondary N) is 3. The van der Waals surface area contributed by atoms with Crippen LogP contribution < -0.4 is 32.3 Å². The summed E-state index contributed by atoms with van der Waals surface area (Å²) in [6, 6.07) is 1.29. The van der Waals surface area contributed by atoms with Crippen LogP contribution in [0, 0.1) is 11.6 Å². The zero-order chi connectivity index (χ0) is 25.5. The number of ether oxygens (including phenoxy) is 1. The first-order valence-electron chi connectivity index (χ1n) is 11.2. The van der Waals surface area contributed by atoms with Gasteiger partial charge in [-0.05, 0) is 19.4 Å². The Hall–Kier alpha value is -3.58. The molecule has 35 heavy (non-hydrogen) atoms. The van der Waals surface area contributed by atoms with Gasteiger partial charge in [0.1, 0.15) is 5.82 Å². The zero-order valence-corrected chi connectivity index (χ0v) is 19.6. The van der Waals surface area contributed by atoms with Crippen LogP contribution in [0.3, 0.4) is 0 Å². The Morgan fingerprint density at radius 1 is 1.20 bits per heavy atom. The van der Waals surface area contributed by atoms with Gasteiger partial charge >= 0.3 is 0 Å². The first-order valence-corrected chi connectivity index (χ1v) is 11.2. The smallest absolute Gasteiger partial charge is 0.252 e. The topological polar surface area (TPSA) is 161 Å². The Morgan fingerprint density at radius 2 is 1.91 bits per heavy atom. The van der Waals surface area contributed by atoms with Crippen molar-refractivity contribution in [1.29, 1.82) is 0 Å². The molecule has 1 aliphatic rings. The van der Waals surface area contributed by atoms with Crippen molar-refractivity contribution in [2.24, 2.45) is 11.5 Å². The maximum absolute atomic E-state index is 14.8. The Kier molecular flexibility index (Phi) is 8.71. The summed E-state index contributed by atoms with van der Waals surface area (Å²) in [5.74, 6) is -2.58. The molecule has 3 heterocycles. The summed E-state index contributed by atoms with van der Waals surface area (Å²) < 4.78 is 34.8. The van der Waals surface area contributed by atoms with Gasteiger partial charge in [-0.15, -0.1) is 0 Å². The van der Waals surface area contributed by atoms with Crippen LogP contribution in [0.1, 0.15) is 30.6 Å². The summed E-state index contributed by atoms with van der Waals surface area (Å²) >= 11 is 0. The van der Waals surface area contributed by atoms with E-state index in [1.807, 2.05) is 0 Å². The summed E-state index contributed by atoms with van der Waals surface area (Å²) in [5.41, 5.74) is 11.4. The van der Waals surface area contributed by atoms with Crippen LogP contribution in [0.25, 0.3) is 0 Å². The van der Waals surface area contributed by atoms with E-state index in [1.54, 1.807) is 11.8 Å². The van der Waals surface area contributed by atoms with Crippen LogP contribution in [0.15, 0.2) is 18.3 Å². The summed E-state index contributed by atoms with van der Waals surface area (Å²) in [4.78, 5) is 33.2. The third kappa shape index (κ3) is 6.96. The number of hydrogen-bond donors (Lipinski definition) is 5. The first kappa shape index (κ1) is 26.0. The van der Waals surface area contributed by atoms with E-state index in [4.69, 9.17) is 16.2 Å². The van der Waals surface area contributed by atoms with E-state index in [-0.39, 0.29) is 34.6 Å². The van der Waals surface area contributed by atoms with E-state index in [0.29, 0.717) is 39.3 Å². The van der Waals surface area contributed by atoms with Gasteiger partial charge in [0.15, 0.2) is 23.3 Å². The normalized spacial score (nSPS) is 15.3. The van der Waals surface area contributed by atoms with Crippen molar-refractivity contribution in [3.8, 4) is 0 Å². The predicted octanol–water partition coefficient (Wildman–Crippen LogP) is 1.09. The molecule has 1 fully saturated rings. The van der Waals surface area contributed by atoms with Gasteiger partial charge in [0.25, 0.3) is 5.91 Å². The van der Waals surface area contributed by atoms with Crippen molar-refractivity contribution in [3.63, 3.8) is 0 Å². The maximum Gasteiger partial charge on any atom is 0.252 e. The van der Waals surface area contributed by atoms with Gasteiger partial charge in [0.05, 0.1) is 30.7 Å². The van der Waals surface area contributed by atoms with Crippen LogP contribution in [0.4, 0.5) is 31.9 Å². The molecule has 0 bridgehead atoms. The van der Waals surface area contributed by atoms with E-state index in [1.165, 1.54) is 19.2 Å². The fourth-order valence-electron chi connectivity index (χ4n) is 3.56. The number of morpholine rings is 1. The number of aromatic nitrogens is 2. The molecule has 2 atom stereocenters. The molecule has 1 unspecified atom stereocenters. The Labute approximate surface area is 201 Å². The zero-order valence-electron chi connectivity index (χ0n) is 19.6. The van der Waals surface area contributed by atoms with E-state index >= 15 is 0 Å². The molecule has 1 saturated heterocycles. The number of anilines is 4. The molecule has 0 aliphatic carbocycles. The maximum atomic E-state index is 14.8. The molecule has 2 amide bonds. The molecule has 3 rings (SSSR count). The number of primary amides is 1. The quantitative estimate of drug-likeness (QED) is 0.327. The summed E-state index contributed by atoms with van der Waals surface area (Å²) in [6.07, 6.45) is 1.78. The number of nitrogens with zero attached hydrogens (tertiary/aromatic N) is 3. The molecule has 0 radical (unpaired) electrons. The number of hydrogen-bond acceptors (Lipinski definition) is 9. The molecule has 2 aromatic rings. The second-order valence-electron chi connectivity index (χ2n) is 8.21. The van der Waals surface area contributed by atoms with E-state index in [0.717, 1.165) is 6.07 Å². The standard InChI is InChI=1S/C22H30F2N8O3/c1-12(25)18(3-4-27-13(2)33)30-21-16(23)10-15(19(26)34)20(31-21)29-14-9-17(24)22(28-11-14)32-5-7-35-8-6-32/h9-12,18H,3-8,25H2,1-2H3,(H2,26,34)(H,27,33)(H2,29,30,31)/t12?,18-/m1/s1. The third-order valence-corrected chi connectivity index (χ3v) is 5.42. The number of nitrogens with two attached hydrogens (primary N) is 2. The number of halogens is 2. The molecule has 0 aromatic carbocycles. The van der Waals surface area contributed by atoms with Gasteiger partial charge in [-0.1, -0.05) is 0 Å². The fraction of sp³-hybridized carbons (Fsp3) is 0.455. The van der Waals surface area contributed by atoms with E-state index < -0.39 is 29.6 Å². The van der Waals surface area contributed by atoms with Crippen molar-refractivity contribution in [2.75, 3.05) is 48.4 Å². The largest absolute Gasteiger partial charge is 0.378 e. The van der Waals surface area contributed by atoms with Crippen LogP contribution in [-0.2, 0) is 9.53 Å². The summed E-state index contributed by atoms with van der Waals surface area (Å²) in [7, 11) is 0. The summed E-state index contributed by atoms with van der Waals surface area (Å²) in [5, 5.41) is 8.37. The highest BCUT2D eigenvalue weighted by molar-refractivity contribution is 5.98. The van der Waals surface area contributed by atoms with Gasteiger partial charge < -0.3 is 37.1 Å². The van der Waals surface area contributed by atoms with Crippen molar-refractivity contribution in [1.82, 2.24) is 15.3 Å². The molecule has 1 aliphatic heterocycles. The van der Waals surface area contributed by atoms with Gasteiger partial charge in [0, 0.05) is 44.7 Å². The Morgan fingerprint density at radius 3 is 2.51 bits per heavy atom. The van der Waals surface area contributed by atoms with Crippen molar-refractivity contribution >= 4 is 35.0 Å². The highest BCUT2D eigenvalue weighted by Crippen LogP contribution is 2.27. The van der Waals surface area contributed by atoms with Crippen LogP contribution in [0.5, 0.6) is 0 Å². The number of carbonyl (C=O) groups is 2. The molecule has 0 spiro atoms. The van der Waals surface area contributed by atoms with Crippen LogP contribution in [-0.4, -0.2) is 66.7 Å². The highest BCUT2D eigenvalue weighted by atomic mass is 19.1. The molecule has 190 valence electrons. The SMILES string of the molecule is CC(=O)NCC[C@@H](Nc1nc(Nc2cnc(N3CCOCC3)c(F)c2)c(C(N)=O)cc1F)C(C)N. The third-order valence-electron chi connectivity index (χ3n) is 5.42. The van der Waals surface area contributed by atoms with Gasteiger partial charge in [-0.25, -0.2) is 18.7 Å². The average Bonchev–Trinajstić information content (AvgIpc) is 2.80. The lowest BCUT2D eigenvalue weighted by atomic mass is 10.1. The molecular formula is C22H30F2N8O3. The average molecular weight is 493 g/mol. The number of carbonyl (C=O) groups excluding carboxylic acids is 2. The molecular weight excluding hydrogens is 462 g/mol. The molecule has 0 saturated carbocycles. The predicted molar refractivity (Wildman–Crippen MR) is 128 cm³/mol. The number of pyridine rings is 2. The van der Waals surface area contributed by atoms with Crippen molar-refractivity contribution in [3.05, 3.63) is 35.5 Å². The molecule has 7 N–H and O–H groups in total. The monoisotopic (exact) mass is 492 g/mol. The van der Waals surface area contributed by atoms with Gasteiger partial charge in [-0.2, -0.15) is 0 Å². The highest BCUT2D eigenvalue weighted by Gasteiger charge is 2.22. The van der Waals surface area contributed by atoms with Crippen molar-refractivity contribution in [2.45, 2.75) is 32.4 Å². The van der Waals surface area contributed by atoms with Gasteiger partial charge in [-0.3, -0.25) is 9.59 Å². The first-order chi connectivity index (χ1) is 16.7. The number of rotatable bonds is 10. The second kappa shape index (κ2) is 11.7. The lowest BCUT2D eigenvalue weighted by molar-refractivity contribution is -0.118.